The van der Waals surface area contributed by atoms with E-state index in [1.807, 2.05) is 0 Å². The number of carboxylic acid groups (broad SMARTS) is 1. The molecule has 2 aromatic rings. The Morgan fingerprint density at radius 3 is 2.59 bits per heavy atom. The minimum atomic E-state index is -3.92. The molecule has 0 amide bonds. The molecule has 1 fully saturated rings. The number of piperidine rings is 1. The molecule has 0 aliphatic carbocycles. The zero-order chi connectivity index (χ0) is 24.9. The lowest BCUT2D eigenvalue weighted by Gasteiger charge is -2.33. The Morgan fingerprint density at radius 1 is 1.26 bits per heavy atom. The number of aromatic nitrogens is 1. The first kappa shape index (κ1) is 25.5. The van der Waals surface area contributed by atoms with E-state index in [9.17, 15) is 23.1 Å². The van der Waals surface area contributed by atoms with Crippen LogP contribution in [0, 0.1) is 11.8 Å². The van der Waals surface area contributed by atoms with Gasteiger partial charge in [-0.05, 0) is 55.9 Å². The topological polar surface area (TPSA) is 126 Å². The molecule has 1 aromatic carbocycles. The van der Waals surface area contributed by atoms with Gasteiger partial charge in [0.25, 0.3) is 10.0 Å². The zero-order valence-electron chi connectivity index (χ0n) is 19.7. The van der Waals surface area contributed by atoms with Crippen molar-refractivity contribution >= 4 is 33.5 Å². The molecule has 1 aliphatic heterocycles. The van der Waals surface area contributed by atoms with E-state index in [0.29, 0.717) is 31.8 Å². The number of hydrogen-bond acceptors (Lipinski definition) is 7. The first-order chi connectivity index (χ1) is 16.1. The summed E-state index contributed by atoms with van der Waals surface area (Å²) in [6, 6.07) is 7.86. The van der Waals surface area contributed by atoms with Crippen molar-refractivity contribution < 1.29 is 27.9 Å². The number of sulfonamides is 1. The fraction of sp³-hybridized carbons (Fsp3) is 0.458. The first-order valence-corrected chi connectivity index (χ1v) is 12.9. The normalized spacial score (nSPS) is 16.4. The van der Waals surface area contributed by atoms with Crippen molar-refractivity contribution in [2.75, 3.05) is 29.3 Å². The molecule has 34 heavy (non-hydrogen) atoms. The van der Waals surface area contributed by atoms with Crippen molar-refractivity contribution in [1.29, 1.82) is 0 Å². The maximum atomic E-state index is 12.8. The molecule has 2 heterocycles. The van der Waals surface area contributed by atoms with Gasteiger partial charge in [-0.15, -0.1) is 0 Å². The highest BCUT2D eigenvalue weighted by Crippen LogP contribution is 2.28. The summed E-state index contributed by atoms with van der Waals surface area (Å²) in [4.78, 5) is 30.2. The lowest BCUT2D eigenvalue weighted by Crippen LogP contribution is -2.40. The lowest BCUT2D eigenvalue weighted by atomic mass is 9.98. The number of carbonyl (C=O) groups is 2. The number of esters is 1. The van der Waals surface area contributed by atoms with Crippen molar-refractivity contribution in [3.05, 3.63) is 47.7 Å². The summed E-state index contributed by atoms with van der Waals surface area (Å²) in [5, 5.41) is 9.76. The van der Waals surface area contributed by atoms with Crippen LogP contribution in [0.2, 0.25) is 0 Å². The number of nitrogens with one attached hydrogen (secondary N) is 1. The third-order valence-corrected chi connectivity index (χ3v) is 6.96. The number of carboxylic acids is 1. The van der Waals surface area contributed by atoms with Crippen LogP contribution in [0.25, 0.3) is 0 Å². The second-order valence-corrected chi connectivity index (χ2v) is 10.5. The highest BCUT2D eigenvalue weighted by molar-refractivity contribution is 7.92. The van der Waals surface area contributed by atoms with Gasteiger partial charge in [0, 0.05) is 13.1 Å². The standard InChI is InChI=1S/C24H31N3O6S/c1-4-33-24(30)18-6-5-11-27(15-18)22-21(23(28)29)13-19(14-25-22)26-34(31,32)20-9-7-17(8-10-20)12-16(2)3/h7-10,13-14,16,18,26H,4-6,11-12,15H2,1-3H3,(H,28,29)/t18-/m0/s1. The molecule has 1 saturated heterocycles. The third-order valence-electron chi connectivity index (χ3n) is 5.57. The Hall–Kier alpha value is -3.14. The SMILES string of the molecule is CCOC(=O)[C@H]1CCCN(c2ncc(NS(=O)(=O)c3ccc(CC(C)C)cc3)cc2C(=O)O)C1. The predicted molar refractivity (Wildman–Crippen MR) is 129 cm³/mol. The second kappa shape index (κ2) is 10.9. The number of aromatic carboxylic acids is 1. The molecule has 2 N–H and O–H groups in total. The van der Waals surface area contributed by atoms with Crippen molar-refractivity contribution in [2.45, 2.75) is 44.9 Å². The van der Waals surface area contributed by atoms with Gasteiger partial charge in [-0.2, -0.15) is 0 Å². The van der Waals surface area contributed by atoms with Crippen LogP contribution in [0.4, 0.5) is 11.5 Å². The van der Waals surface area contributed by atoms with Crippen molar-refractivity contribution in [2.24, 2.45) is 11.8 Å². The molecule has 1 atom stereocenters. The monoisotopic (exact) mass is 489 g/mol. The number of carbonyl (C=O) groups excluding carboxylic acids is 1. The molecule has 9 nitrogen and oxygen atoms in total. The Balaban J connectivity index is 1.81. The molecular formula is C24H31N3O6S. The smallest absolute Gasteiger partial charge is 0.339 e. The van der Waals surface area contributed by atoms with Crippen LogP contribution >= 0.6 is 0 Å². The van der Waals surface area contributed by atoms with E-state index < -0.39 is 16.0 Å². The number of anilines is 2. The van der Waals surface area contributed by atoms with Crippen LogP contribution in [0.3, 0.4) is 0 Å². The summed E-state index contributed by atoms with van der Waals surface area (Å²) in [7, 11) is -3.92. The van der Waals surface area contributed by atoms with Gasteiger partial charge in [0.15, 0.2) is 0 Å². The van der Waals surface area contributed by atoms with Gasteiger partial charge in [0.05, 0.1) is 29.3 Å². The van der Waals surface area contributed by atoms with Gasteiger partial charge in [0.1, 0.15) is 11.4 Å². The maximum absolute atomic E-state index is 12.8. The molecular weight excluding hydrogens is 458 g/mol. The van der Waals surface area contributed by atoms with E-state index in [1.54, 1.807) is 24.0 Å². The minimum Gasteiger partial charge on any atom is -0.478 e. The molecule has 0 bridgehead atoms. The Kier molecular flexibility index (Phi) is 8.14. The van der Waals surface area contributed by atoms with Gasteiger partial charge < -0.3 is 14.7 Å². The lowest BCUT2D eigenvalue weighted by molar-refractivity contribution is -0.148. The Bertz CT molecular complexity index is 1130. The van der Waals surface area contributed by atoms with Crippen molar-refractivity contribution in [1.82, 2.24) is 4.98 Å². The van der Waals surface area contributed by atoms with E-state index in [4.69, 9.17) is 4.74 Å². The first-order valence-electron chi connectivity index (χ1n) is 11.4. The highest BCUT2D eigenvalue weighted by Gasteiger charge is 2.30. The Labute approximate surface area is 200 Å². The van der Waals surface area contributed by atoms with E-state index in [-0.39, 0.29) is 40.5 Å². The van der Waals surface area contributed by atoms with E-state index in [1.165, 1.54) is 24.4 Å². The van der Waals surface area contributed by atoms with E-state index >= 15 is 0 Å². The number of ether oxygens (including phenoxy) is 1. The zero-order valence-corrected chi connectivity index (χ0v) is 20.5. The summed E-state index contributed by atoms with van der Waals surface area (Å²) in [5.74, 6) is -1.27. The van der Waals surface area contributed by atoms with Gasteiger partial charge in [-0.3, -0.25) is 9.52 Å². The number of nitrogens with zero attached hydrogens (tertiary/aromatic N) is 2. The van der Waals surface area contributed by atoms with Gasteiger partial charge in [0.2, 0.25) is 0 Å². The summed E-state index contributed by atoms with van der Waals surface area (Å²) in [6.07, 6.45) is 3.48. The largest absolute Gasteiger partial charge is 0.478 e. The van der Waals surface area contributed by atoms with Crippen LogP contribution in [-0.4, -0.2) is 50.1 Å². The quantitative estimate of drug-likeness (QED) is 0.512. The van der Waals surface area contributed by atoms with Crippen LogP contribution in [0.5, 0.6) is 0 Å². The summed E-state index contributed by atoms with van der Waals surface area (Å²) in [6.45, 7) is 7.02. The van der Waals surface area contributed by atoms with E-state index in [2.05, 4.69) is 23.6 Å². The minimum absolute atomic E-state index is 0.0476. The fourth-order valence-corrected chi connectivity index (χ4v) is 5.07. The highest BCUT2D eigenvalue weighted by atomic mass is 32.2. The van der Waals surface area contributed by atoms with Crippen molar-refractivity contribution in [3.8, 4) is 0 Å². The van der Waals surface area contributed by atoms with Crippen LogP contribution in [0.15, 0.2) is 41.4 Å². The molecule has 0 radical (unpaired) electrons. The molecule has 0 spiro atoms. The molecule has 1 aliphatic rings. The second-order valence-electron chi connectivity index (χ2n) is 8.78. The Morgan fingerprint density at radius 2 is 1.97 bits per heavy atom. The molecule has 1 aromatic heterocycles. The van der Waals surface area contributed by atoms with Crippen molar-refractivity contribution in [3.63, 3.8) is 0 Å². The predicted octanol–water partition coefficient (Wildman–Crippen LogP) is 3.56. The van der Waals surface area contributed by atoms with Crippen LogP contribution in [0.1, 0.15) is 49.5 Å². The van der Waals surface area contributed by atoms with E-state index in [0.717, 1.165) is 12.0 Å². The number of rotatable bonds is 9. The molecule has 0 saturated carbocycles. The van der Waals surface area contributed by atoms with Gasteiger partial charge in [-0.1, -0.05) is 26.0 Å². The average Bonchev–Trinajstić information content (AvgIpc) is 2.79. The molecule has 184 valence electrons. The van der Waals surface area contributed by atoms with Crippen LogP contribution < -0.4 is 9.62 Å². The number of pyridine rings is 1. The maximum Gasteiger partial charge on any atom is 0.339 e. The summed E-state index contributed by atoms with van der Waals surface area (Å²) in [5.41, 5.74) is 0.944. The summed E-state index contributed by atoms with van der Waals surface area (Å²) >= 11 is 0. The molecule has 3 rings (SSSR count). The fourth-order valence-electron chi connectivity index (χ4n) is 4.03. The number of benzene rings is 1. The summed E-state index contributed by atoms with van der Waals surface area (Å²) < 4.78 is 33.2. The molecule has 0 unspecified atom stereocenters. The van der Waals surface area contributed by atoms with Gasteiger partial charge in [-0.25, -0.2) is 18.2 Å². The third kappa shape index (κ3) is 6.25. The molecule has 10 heteroatoms. The van der Waals surface area contributed by atoms with Crippen LogP contribution in [-0.2, 0) is 26.0 Å². The van der Waals surface area contributed by atoms with Gasteiger partial charge >= 0.3 is 11.9 Å². The number of hydrogen-bond donors (Lipinski definition) is 2. The average molecular weight is 490 g/mol.